The number of methoxy groups -OCH3 is 1. The maximum Gasteiger partial charge on any atom is 0.353 e. The standard InChI is InChI=1S/C19H15NO6S3/c1-25-13-9-11(4-5-12(13)26-18(24)14-3-2-8-28-14)10-15-17(23)20(19(27)29-15)7-6-16(21)22/h2-5,8-10H,6-7H2,1H3,(H,21,22)/b15-10-. The lowest BCUT2D eigenvalue weighted by Crippen LogP contribution is -2.30. The maximum absolute atomic E-state index is 12.5. The Morgan fingerprint density at radius 1 is 1.28 bits per heavy atom. The van der Waals surface area contributed by atoms with E-state index < -0.39 is 11.9 Å². The van der Waals surface area contributed by atoms with Gasteiger partial charge in [0, 0.05) is 6.54 Å². The third kappa shape index (κ3) is 5.03. The minimum absolute atomic E-state index is 0.0261. The zero-order chi connectivity index (χ0) is 21.0. The van der Waals surface area contributed by atoms with E-state index in [9.17, 15) is 14.4 Å². The van der Waals surface area contributed by atoms with E-state index in [0.717, 1.165) is 11.8 Å². The number of aliphatic carboxylic acids is 1. The second-order valence-electron chi connectivity index (χ2n) is 5.75. The zero-order valence-electron chi connectivity index (χ0n) is 15.1. The number of ether oxygens (including phenoxy) is 2. The van der Waals surface area contributed by atoms with Gasteiger partial charge in [-0.3, -0.25) is 14.5 Å². The number of rotatable bonds is 7. The number of carbonyl (C=O) groups is 3. The van der Waals surface area contributed by atoms with E-state index in [1.807, 2.05) is 0 Å². The third-order valence-electron chi connectivity index (χ3n) is 3.83. The first-order valence-electron chi connectivity index (χ1n) is 8.30. The van der Waals surface area contributed by atoms with Crippen molar-refractivity contribution in [3.05, 3.63) is 51.1 Å². The fourth-order valence-corrected chi connectivity index (χ4v) is 4.36. The Hall–Kier alpha value is -2.69. The highest BCUT2D eigenvalue weighted by molar-refractivity contribution is 8.26. The summed E-state index contributed by atoms with van der Waals surface area (Å²) in [5.74, 6) is -1.22. The van der Waals surface area contributed by atoms with Gasteiger partial charge in [-0.2, -0.15) is 0 Å². The normalized spacial score (nSPS) is 15.1. The van der Waals surface area contributed by atoms with Crippen LogP contribution in [-0.2, 0) is 9.59 Å². The summed E-state index contributed by atoms with van der Waals surface area (Å²) in [5, 5.41) is 10.6. The van der Waals surface area contributed by atoms with Crippen LogP contribution < -0.4 is 9.47 Å². The number of amides is 1. The summed E-state index contributed by atoms with van der Waals surface area (Å²) >= 11 is 7.55. The fraction of sp³-hybridized carbons (Fsp3) is 0.158. The van der Waals surface area contributed by atoms with Gasteiger partial charge in [-0.05, 0) is 35.2 Å². The molecule has 0 atom stereocenters. The fourth-order valence-electron chi connectivity index (χ4n) is 2.45. The highest BCUT2D eigenvalue weighted by Crippen LogP contribution is 2.35. The summed E-state index contributed by atoms with van der Waals surface area (Å²) < 4.78 is 11.0. The number of thiophene rings is 1. The summed E-state index contributed by atoms with van der Waals surface area (Å²) in [6, 6.07) is 8.33. The molecule has 1 aromatic heterocycles. The Kier molecular flexibility index (Phi) is 6.68. The SMILES string of the molecule is COc1cc(/C=C2\SC(=S)N(CCC(=O)O)C2=O)ccc1OC(=O)c1cccs1. The second-order valence-corrected chi connectivity index (χ2v) is 8.38. The van der Waals surface area contributed by atoms with Gasteiger partial charge in [0.1, 0.15) is 9.20 Å². The molecule has 2 aromatic rings. The van der Waals surface area contributed by atoms with Crippen molar-refractivity contribution in [3.8, 4) is 11.5 Å². The predicted octanol–water partition coefficient (Wildman–Crippen LogP) is 3.65. The van der Waals surface area contributed by atoms with Crippen LogP contribution in [0.4, 0.5) is 0 Å². The number of nitrogens with zero attached hydrogens (tertiary/aromatic N) is 1. The lowest BCUT2D eigenvalue weighted by Gasteiger charge is -2.12. The minimum Gasteiger partial charge on any atom is -0.493 e. The summed E-state index contributed by atoms with van der Waals surface area (Å²) in [6.45, 7) is 0.0261. The molecule has 0 aliphatic carbocycles. The van der Waals surface area contributed by atoms with E-state index in [1.54, 1.807) is 41.8 Å². The summed E-state index contributed by atoms with van der Waals surface area (Å²) in [5.41, 5.74) is 0.650. The number of carboxylic acid groups (broad SMARTS) is 1. The van der Waals surface area contributed by atoms with Crippen LogP contribution in [0.1, 0.15) is 21.7 Å². The van der Waals surface area contributed by atoms with E-state index in [-0.39, 0.29) is 24.6 Å². The van der Waals surface area contributed by atoms with Crippen molar-refractivity contribution in [1.29, 1.82) is 0 Å². The Balaban J connectivity index is 1.77. The van der Waals surface area contributed by atoms with Crippen LogP contribution in [0.3, 0.4) is 0 Å². The summed E-state index contributed by atoms with van der Waals surface area (Å²) in [4.78, 5) is 37.5. The van der Waals surface area contributed by atoms with Crippen LogP contribution >= 0.6 is 35.3 Å². The molecular weight excluding hydrogens is 434 g/mol. The van der Waals surface area contributed by atoms with Crippen molar-refractivity contribution in [2.24, 2.45) is 0 Å². The number of hydrogen-bond donors (Lipinski definition) is 1. The molecule has 10 heteroatoms. The lowest BCUT2D eigenvalue weighted by molar-refractivity contribution is -0.137. The molecule has 0 saturated carbocycles. The topological polar surface area (TPSA) is 93.1 Å². The van der Waals surface area contributed by atoms with Crippen LogP contribution in [-0.4, -0.2) is 45.8 Å². The highest BCUT2D eigenvalue weighted by Gasteiger charge is 2.32. The Morgan fingerprint density at radius 3 is 2.72 bits per heavy atom. The second kappa shape index (κ2) is 9.21. The highest BCUT2D eigenvalue weighted by atomic mass is 32.2. The molecule has 1 saturated heterocycles. The van der Waals surface area contributed by atoms with Crippen LogP contribution in [0.15, 0.2) is 40.6 Å². The van der Waals surface area contributed by atoms with Gasteiger partial charge >= 0.3 is 11.9 Å². The molecule has 0 unspecified atom stereocenters. The molecule has 0 spiro atoms. The molecule has 3 rings (SSSR count). The van der Waals surface area contributed by atoms with Crippen LogP contribution in [0.25, 0.3) is 6.08 Å². The molecule has 1 aliphatic heterocycles. The first-order valence-corrected chi connectivity index (χ1v) is 10.4. The van der Waals surface area contributed by atoms with E-state index in [1.165, 1.54) is 23.3 Å². The summed E-state index contributed by atoms with van der Waals surface area (Å²) in [6.07, 6.45) is 1.45. The zero-order valence-corrected chi connectivity index (χ0v) is 17.6. The van der Waals surface area contributed by atoms with E-state index >= 15 is 0 Å². The van der Waals surface area contributed by atoms with E-state index in [4.69, 9.17) is 26.8 Å². The van der Waals surface area contributed by atoms with Gasteiger partial charge in [0.15, 0.2) is 11.5 Å². The smallest absolute Gasteiger partial charge is 0.353 e. The number of thioether (sulfide) groups is 1. The number of benzene rings is 1. The quantitative estimate of drug-likeness (QED) is 0.296. The monoisotopic (exact) mass is 449 g/mol. The van der Waals surface area contributed by atoms with Gasteiger partial charge in [-0.15, -0.1) is 11.3 Å². The molecule has 1 N–H and O–H groups in total. The van der Waals surface area contributed by atoms with Crippen molar-refractivity contribution in [2.45, 2.75) is 6.42 Å². The van der Waals surface area contributed by atoms with Crippen molar-refractivity contribution in [3.63, 3.8) is 0 Å². The van der Waals surface area contributed by atoms with Gasteiger partial charge in [0.05, 0.1) is 18.4 Å². The molecule has 1 aromatic carbocycles. The van der Waals surface area contributed by atoms with Gasteiger partial charge < -0.3 is 14.6 Å². The molecule has 1 aliphatic rings. The van der Waals surface area contributed by atoms with Crippen LogP contribution in [0, 0.1) is 0 Å². The number of hydrogen-bond acceptors (Lipinski definition) is 8. The largest absolute Gasteiger partial charge is 0.493 e. The lowest BCUT2D eigenvalue weighted by atomic mass is 10.2. The number of esters is 1. The van der Waals surface area contributed by atoms with Crippen LogP contribution in [0.2, 0.25) is 0 Å². The van der Waals surface area contributed by atoms with Crippen molar-refractivity contribution < 1.29 is 29.0 Å². The maximum atomic E-state index is 12.5. The molecule has 1 fully saturated rings. The molecule has 0 bridgehead atoms. The Labute approximate surface area is 179 Å². The Morgan fingerprint density at radius 2 is 2.07 bits per heavy atom. The molecule has 1 amide bonds. The first kappa shape index (κ1) is 21.0. The van der Waals surface area contributed by atoms with Crippen molar-refractivity contribution in [2.75, 3.05) is 13.7 Å². The van der Waals surface area contributed by atoms with Crippen molar-refractivity contribution >= 4 is 63.6 Å². The van der Waals surface area contributed by atoms with Crippen LogP contribution in [0.5, 0.6) is 11.5 Å². The van der Waals surface area contributed by atoms with Crippen molar-refractivity contribution in [1.82, 2.24) is 4.90 Å². The number of carboxylic acids is 1. The molecule has 150 valence electrons. The number of thiocarbonyl (C=S) groups is 1. The van der Waals surface area contributed by atoms with Gasteiger partial charge in [0.2, 0.25) is 0 Å². The third-order valence-corrected chi connectivity index (χ3v) is 6.06. The molecule has 2 heterocycles. The number of carbonyl (C=O) groups excluding carboxylic acids is 2. The molecule has 0 radical (unpaired) electrons. The average Bonchev–Trinajstić information content (AvgIpc) is 3.31. The Bertz CT molecular complexity index is 999. The van der Waals surface area contributed by atoms with Gasteiger partial charge in [0.25, 0.3) is 5.91 Å². The average molecular weight is 450 g/mol. The van der Waals surface area contributed by atoms with Gasteiger partial charge in [-0.25, -0.2) is 4.79 Å². The van der Waals surface area contributed by atoms with E-state index in [0.29, 0.717) is 25.4 Å². The van der Waals surface area contributed by atoms with E-state index in [2.05, 4.69) is 0 Å². The molecule has 7 nitrogen and oxygen atoms in total. The van der Waals surface area contributed by atoms with Gasteiger partial charge in [-0.1, -0.05) is 36.1 Å². The minimum atomic E-state index is -1.000. The first-order chi connectivity index (χ1) is 13.9. The predicted molar refractivity (Wildman–Crippen MR) is 114 cm³/mol. The summed E-state index contributed by atoms with van der Waals surface area (Å²) in [7, 11) is 1.45. The molecule has 29 heavy (non-hydrogen) atoms. The molecular formula is C19H15NO6S3.